The Kier molecular flexibility index (Phi) is 5.02. The number of carbonyl (C=O) groups is 1. The van der Waals surface area contributed by atoms with Crippen molar-refractivity contribution in [3.63, 3.8) is 0 Å². The number of amides is 1. The molecule has 1 amide bonds. The van der Waals surface area contributed by atoms with E-state index in [0.717, 1.165) is 18.2 Å². The molecule has 4 nitrogen and oxygen atoms in total. The number of carbonyl (C=O) groups excluding carboxylic acids is 1. The normalized spacial score (nSPS) is 14.2. The van der Waals surface area contributed by atoms with Gasteiger partial charge in [0.2, 0.25) is 5.91 Å². The van der Waals surface area contributed by atoms with E-state index in [9.17, 15) is 4.79 Å². The molecule has 1 aromatic carbocycles. The molecule has 1 aromatic rings. The van der Waals surface area contributed by atoms with Crippen LogP contribution in [0.2, 0.25) is 0 Å². The van der Waals surface area contributed by atoms with Crippen LogP contribution in [0.5, 0.6) is 0 Å². The molecule has 2 N–H and O–H groups in total. The summed E-state index contributed by atoms with van der Waals surface area (Å²) >= 11 is 0. The van der Waals surface area contributed by atoms with Gasteiger partial charge in [0.25, 0.3) is 0 Å². The quantitative estimate of drug-likeness (QED) is 0.688. The fraction of sp³-hybridized carbons (Fsp3) is 0.500. The largest absolute Gasteiger partial charge is 0.379 e. The first-order valence-corrected chi connectivity index (χ1v) is 6.48. The topological polar surface area (TPSA) is 50.4 Å². The molecule has 18 heavy (non-hydrogen) atoms. The first kappa shape index (κ1) is 12.9. The highest BCUT2D eigenvalue weighted by atomic mass is 16.5. The van der Waals surface area contributed by atoms with Crippen LogP contribution >= 0.6 is 0 Å². The Hall–Kier alpha value is -1.55. The summed E-state index contributed by atoms with van der Waals surface area (Å²) in [4.78, 5) is 11.5. The zero-order valence-corrected chi connectivity index (χ0v) is 10.5. The molecular weight excluding hydrogens is 228 g/mol. The average molecular weight is 248 g/mol. The fourth-order valence-electron chi connectivity index (χ4n) is 1.60. The first-order chi connectivity index (χ1) is 8.84. The second-order valence-electron chi connectivity index (χ2n) is 4.59. The average Bonchev–Trinajstić information content (AvgIpc) is 3.21. The molecule has 0 heterocycles. The summed E-state index contributed by atoms with van der Waals surface area (Å²) in [6, 6.07) is 9.69. The van der Waals surface area contributed by atoms with Crippen molar-refractivity contribution >= 4 is 11.6 Å². The van der Waals surface area contributed by atoms with Gasteiger partial charge in [-0.2, -0.15) is 0 Å². The maximum absolute atomic E-state index is 11.5. The smallest absolute Gasteiger partial charge is 0.239 e. The van der Waals surface area contributed by atoms with Gasteiger partial charge in [0.1, 0.15) is 0 Å². The Morgan fingerprint density at radius 1 is 1.28 bits per heavy atom. The summed E-state index contributed by atoms with van der Waals surface area (Å²) < 4.78 is 5.44. The minimum absolute atomic E-state index is 0.00567. The third kappa shape index (κ3) is 5.19. The predicted octanol–water partition coefficient (Wildman–Crippen LogP) is 1.64. The molecule has 1 saturated carbocycles. The lowest BCUT2D eigenvalue weighted by molar-refractivity contribution is -0.119. The van der Waals surface area contributed by atoms with Crippen LogP contribution in [0.4, 0.5) is 5.69 Å². The summed E-state index contributed by atoms with van der Waals surface area (Å²) in [5.41, 5.74) is 0.956. The molecule has 1 aliphatic rings. The molecule has 0 unspecified atom stereocenters. The summed E-state index contributed by atoms with van der Waals surface area (Å²) in [5.74, 6) is 0.773. The molecule has 0 bridgehead atoms. The number of nitrogens with one attached hydrogen (secondary N) is 2. The minimum atomic E-state index is -0.00567. The van der Waals surface area contributed by atoms with Crippen LogP contribution in [0.25, 0.3) is 0 Å². The maximum Gasteiger partial charge on any atom is 0.239 e. The van der Waals surface area contributed by atoms with E-state index in [1.54, 1.807) is 0 Å². The van der Waals surface area contributed by atoms with E-state index < -0.39 is 0 Å². The second kappa shape index (κ2) is 7.01. The highest BCUT2D eigenvalue weighted by Crippen LogP contribution is 2.28. The summed E-state index contributed by atoms with van der Waals surface area (Å²) in [6.07, 6.45) is 2.60. The molecule has 0 saturated heterocycles. The van der Waals surface area contributed by atoms with E-state index in [0.29, 0.717) is 19.7 Å². The predicted molar refractivity (Wildman–Crippen MR) is 71.5 cm³/mol. The maximum atomic E-state index is 11.5. The summed E-state index contributed by atoms with van der Waals surface area (Å²) in [5, 5.41) is 5.88. The lowest BCUT2D eigenvalue weighted by atomic mass is 10.3. The third-order valence-corrected chi connectivity index (χ3v) is 2.85. The SMILES string of the molecule is O=C(CNc1ccccc1)NCCOCC1CC1. The number of benzene rings is 1. The summed E-state index contributed by atoms with van der Waals surface area (Å²) in [6.45, 7) is 2.33. The highest BCUT2D eigenvalue weighted by Gasteiger charge is 2.20. The van der Waals surface area contributed by atoms with E-state index in [4.69, 9.17) is 4.74 Å². The Labute approximate surface area is 108 Å². The summed E-state index contributed by atoms with van der Waals surface area (Å²) in [7, 11) is 0. The zero-order valence-electron chi connectivity index (χ0n) is 10.5. The standard InChI is InChI=1S/C14H20N2O2/c17-14(10-16-13-4-2-1-3-5-13)15-8-9-18-11-12-6-7-12/h1-5,12,16H,6-11H2,(H,15,17). The van der Waals surface area contributed by atoms with E-state index in [2.05, 4.69) is 10.6 Å². The van der Waals surface area contributed by atoms with Crippen LogP contribution < -0.4 is 10.6 Å². The molecule has 0 radical (unpaired) electrons. The highest BCUT2D eigenvalue weighted by molar-refractivity contribution is 5.80. The molecule has 4 heteroatoms. The van der Waals surface area contributed by atoms with E-state index in [1.165, 1.54) is 12.8 Å². The Morgan fingerprint density at radius 3 is 2.78 bits per heavy atom. The van der Waals surface area contributed by atoms with Gasteiger partial charge in [0.05, 0.1) is 13.2 Å². The second-order valence-corrected chi connectivity index (χ2v) is 4.59. The van der Waals surface area contributed by atoms with Crippen LogP contribution in [0.1, 0.15) is 12.8 Å². The van der Waals surface area contributed by atoms with Crippen molar-refractivity contribution < 1.29 is 9.53 Å². The van der Waals surface area contributed by atoms with Crippen molar-refractivity contribution in [2.24, 2.45) is 5.92 Å². The van der Waals surface area contributed by atoms with Crippen molar-refractivity contribution in [2.75, 3.05) is 31.6 Å². The number of hydrogen-bond acceptors (Lipinski definition) is 3. The first-order valence-electron chi connectivity index (χ1n) is 6.48. The minimum Gasteiger partial charge on any atom is -0.379 e. The van der Waals surface area contributed by atoms with Crippen molar-refractivity contribution in [1.82, 2.24) is 5.32 Å². The molecule has 0 atom stereocenters. The van der Waals surface area contributed by atoms with Gasteiger partial charge in [-0.25, -0.2) is 0 Å². The van der Waals surface area contributed by atoms with Gasteiger partial charge < -0.3 is 15.4 Å². The molecule has 98 valence electrons. The van der Waals surface area contributed by atoms with Gasteiger partial charge in [-0.05, 0) is 30.9 Å². The van der Waals surface area contributed by atoms with Crippen molar-refractivity contribution in [3.8, 4) is 0 Å². The zero-order chi connectivity index (χ0) is 12.6. The number of ether oxygens (including phenoxy) is 1. The lowest BCUT2D eigenvalue weighted by Gasteiger charge is -2.08. The van der Waals surface area contributed by atoms with Crippen molar-refractivity contribution in [2.45, 2.75) is 12.8 Å². The van der Waals surface area contributed by atoms with E-state index in [1.807, 2.05) is 30.3 Å². The molecular formula is C14H20N2O2. The van der Waals surface area contributed by atoms with Gasteiger partial charge in [-0.15, -0.1) is 0 Å². The van der Waals surface area contributed by atoms with Gasteiger partial charge >= 0.3 is 0 Å². The van der Waals surface area contributed by atoms with Crippen molar-refractivity contribution in [1.29, 1.82) is 0 Å². The molecule has 0 aliphatic heterocycles. The number of hydrogen-bond donors (Lipinski definition) is 2. The van der Waals surface area contributed by atoms with E-state index in [-0.39, 0.29) is 5.91 Å². The fourth-order valence-corrected chi connectivity index (χ4v) is 1.60. The molecule has 2 rings (SSSR count). The van der Waals surface area contributed by atoms with Crippen LogP contribution in [0.3, 0.4) is 0 Å². The Balaban J connectivity index is 1.49. The van der Waals surface area contributed by atoms with Crippen LogP contribution in [-0.2, 0) is 9.53 Å². The molecule has 1 aliphatic carbocycles. The monoisotopic (exact) mass is 248 g/mol. The Bertz CT molecular complexity index is 363. The van der Waals surface area contributed by atoms with Gasteiger partial charge in [0.15, 0.2) is 0 Å². The van der Waals surface area contributed by atoms with E-state index >= 15 is 0 Å². The lowest BCUT2D eigenvalue weighted by Crippen LogP contribution is -2.32. The van der Waals surface area contributed by atoms with Crippen LogP contribution in [0, 0.1) is 5.92 Å². The Morgan fingerprint density at radius 2 is 2.06 bits per heavy atom. The van der Waals surface area contributed by atoms with Gasteiger partial charge in [-0.1, -0.05) is 18.2 Å². The number of anilines is 1. The van der Waals surface area contributed by atoms with Crippen molar-refractivity contribution in [3.05, 3.63) is 30.3 Å². The number of rotatable bonds is 8. The van der Waals surface area contributed by atoms with Gasteiger partial charge in [0, 0.05) is 18.8 Å². The van der Waals surface area contributed by atoms with Crippen LogP contribution in [-0.4, -0.2) is 32.2 Å². The molecule has 0 spiro atoms. The van der Waals surface area contributed by atoms with Gasteiger partial charge in [-0.3, -0.25) is 4.79 Å². The molecule has 0 aromatic heterocycles. The number of para-hydroxylation sites is 1. The third-order valence-electron chi connectivity index (χ3n) is 2.85. The molecule has 1 fully saturated rings. The van der Waals surface area contributed by atoms with Crippen LogP contribution in [0.15, 0.2) is 30.3 Å².